The van der Waals surface area contributed by atoms with Gasteiger partial charge < -0.3 is 40.7 Å². The highest BCUT2D eigenvalue weighted by Crippen LogP contribution is 2.70. The highest BCUT2D eigenvalue weighted by atomic mass is 79.9. The molecule has 0 spiro atoms. The molecule has 3 amide bonds. The first kappa shape index (κ1) is 42.1. The highest BCUT2D eigenvalue weighted by molar-refractivity contribution is 9.09. The predicted molar refractivity (Wildman–Crippen MR) is 215 cm³/mol. The van der Waals surface area contributed by atoms with E-state index in [1.165, 1.54) is 11.3 Å². The Hall–Kier alpha value is -4.06. The summed E-state index contributed by atoms with van der Waals surface area (Å²) in [6.45, 7) is 3.03. The Kier molecular flexibility index (Phi) is 12.0. The zero-order valence-corrected chi connectivity index (χ0v) is 34.6. The first-order valence-corrected chi connectivity index (χ1v) is 21.5. The topological polar surface area (TPSA) is 218 Å². The molecule has 3 saturated carbocycles. The zero-order valence-electron chi connectivity index (χ0n) is 32.2. The number of amides is 3. The van der Waals surface area contributed by atoms with E-state index in [-0.39, 0.29) is 48.3 Å². The number of halogens is 1. The van der Waals surface area contributed by atoms with Gasteiger partial charge in [-0.3, -0.25) is 28.8 Å². The van der Waals surface area contributed by atoms with Crippen LogP contribution in [0.15, 0.2) is 60.2 Å². The summed E-state index contributed by atoms with van der Waals surface area (Å²) in [6, 6.07) is 9.82. The maximum atomic E-state index is 13.9. The van der Waals surface area contributed by atoms with Crippen molar-refractivity contribution >= 4 is 68.2 Å². The average Bonchev–Trinajstić information content (AvgIpc) is 3.88. The average molecular weight is 883 g/mol. The van der Waals surface area contributed by atoms with Crippen molar-refractivity contribution in [1.29, 1.82) is 0 Å². The van der Waals surface area contributed by atoms with Gasteiger partial charge in [-0.2, -0.15) is 0 Å². The van der Waals surface area contributed by atoms with Crippen LogP contribution in [0, 0.1) is 28.6 Å². The summed E-state index contributed by atoms with van der Waals surface area (Å²) >= 11 is 4.47. The molecule has 2 heterocycles. The minimum atomic E-state index is -1.44. The predicted octanol–water partition coefficient (Wildman–Crippen LogP) is 3.74. The summed E-state index contributed by atoms with van der Waals surface area (Å²) in [5.74, 6) is -3.33. The molecule has 58 heavy (non-hydrogen) atoms. The van der Waals surface area contributed by atoms with Crippen LogP contribution in [0.25, 0.3) is 0 Å². The van der Waals surface area contributed by atoms with Crippen LogP contribution < -0.4 is 16.0 Å². The number of carboxylic acid groups (broad SMARTS) is 1. The number of ether oxygens (including phenoxy) is 2. The van der Waals surface area contributed by atoms with E-state index in [0.29, 0.717) is 24.9 Å². The Balaban J connectivity index is 1.01. The third-order valence-electron chi connectivity index (χ3n) is 13.2. The molecule has 0 unspecified atom stereocenters. The lowest BCUT2D eigenvalue weighted by Gasteiger charge is -2.59. The van der Waals surface area contributed by atoms with Crippen LogP contribution in [0.3, 0.4) is 0 Å². The summed E-state index contributed by atoms with van der Waals surface area (Å²) in [4.78, 5) is 76.0. The molecule has 4 fully saturated rings. The Morgan fingerprint density at radius 2 is 1.83 bits per heavy atom. The van der Waals surface area contributed by atoms with Gasteiger partial charge in [0.15, 0.2) is 23.5 Å². The van der Waals surface area contributed by atoms with Crippen LogP contribution in [-0.4, -0.2) is 92.9 Å². The highest BCUT2D eigenvalue weighted by Gasteiger charge is 2.76. The van der Waals surface area contributed by atoms with Crippen molar-refractivity contribution in [3.8, 4) is 0 Å². The molecule has 4 aliphatic carbocycles. The third kappa shape index (κ3) is 7.63. The van der Waals surface area contributed by atoms with Crippen molar-refractivity contribution in [2.45, 2.75) is 88.9 Å². The number of carbonyl (C=O) groups is 6. The molecular weight excluding hydrogens is 834 g/mol. The number of aliphatic hydroxyl groups excluding tert-OH is 2. The van der Waals surface area contributed by atoms with E-state index in [2.05, 4.69) is 38.8 Å². The molecule has 14 nitrogen and oxygen atoms in total. The van der Waals surface area contributed by atoms with Crippen LogP contribution in [0.5, 0.6) is 0 Å². The van der Waals surface area contributed by atoms with Crippen LogP contribution in [-0.2, 0) is 44.7 Å². The van der Waals surface area contributed by atoms with Gasteiger partial charge in [-0.15, -0.1) is 11.3 Å². The lowest BCUT2D eigenvalue weighted by atomic mass is 9.46. The van der Waals surface area contributed by atoms with E-state index in [1.54, 1.807) is 24.3 Å². The van der Waals surface area contributed by atoms with E-state index in [0.717, 1.165) is 33.7 Å². The Labute approximate surface area is 347 Å². The fourth-order valence-corrected chi connectivity index (χ4v) is 11.8. The van der Waals surface area contributed by atoms with Crippen LogP contribution in [0.4, 0.5) is 5.69 Å². The van der Waals surface area contributed by atoms with Crippen molar-refractivity contribution in [3.63, 3.8) is 0 Å². The number of alkyl halides is 1. The van der Waals surface area contributed by atoms with Crippen molar-refractivity contribution in [1.82, 2.24) is 10.6 Å². The number of rotatable bonds is 14. The number of fused-ring (bicyclic) bond motifs is 7. The molecule has 7 rings (SSSR count). The molecule has 16 heteroatoms. The van der Waals surface area contributed by atoms with Gasteiger partial charge in [0.05, 0.1) is 29.0 Å². The minimum absolute atomic E-state index is 0.00223. The van der Waals surface area contributed by atoms with Crippen LogP contribution in [0.1, 0.15) is 74.0 Å². The molecule has 1 aromatic heterocycles. The summed E-state index contributed by atoms with van der Waals surface area (Å²) in [5, 5.41) is 39.0. The molecule has 1 aliphatic heterocycles. The second kappa shape index (κ2) is 16.5. The largest absolute Gasteiger partial charge is 0.481 e. The number of hydrogen-bond acceptors (Lipinski definition) is 11. The SMILES string of the molecule is C[C@]12C=CC(=O)C=C1CC[C@@H]1[C@@H]2[C@@H](O)C[C@@]2(C)[C@H]1C[C@H]1O[C@@H](c3ccc(Cc4ccc(NC(=O)[C@@H](CCC(=O)O)NC(=O)CNC(=O)CBr)cc4)s3)O[C@]12C(=O)CO. The van der Waals surface area contributed by atoms with Gasteiger partial charge in [-0.25, -0.2) is 0 Å². The molecule has 1 saturated heterocycles. The number of carbonyl (C=O) groups excluding carboxylic acids is 5. The van der Waals surface area contributed by atoms with Gasteiger partial charge >= 0.3 is 5.97 Å². The quantitative estimate of drug-likeness (QED) is 0.150. The second-order valence-corrected chi connectivity index (χ2v) is 18.2. The Morgan fingerprint density at radius 1 is 1.07 bits per heavy atom. The van der Waals surface area contributed by atoms with E-state index in [1.807, 2.05) is 37.3 Å². The number of Topliss-reactive ketones (excluding diaryl/α,β-unsaturated/α-hetero) is 1. The number of allylic oxidation sites excluding steroid dienone is 4. The summed E-state index contributed by atoms with van der Waals surface area (Å²) in [6.07, 6.45) is 5.43. The fraction of sp³-hybridized carbons (Fsp3) is 0.524. The monoisotopic (exact) mass is 881 g/mol. The molecule has 6 N–H and O–H groups in total. The number of thiophene rings is 1. The number of ketones is 2. The van der Waals surface area contributed by atoms with Gasteiger partial charge in [-0.1, -0.05) is 53.6 Å². The molecule has 0 bridgehead atoms. The van der Waals surface area contributed by atoms with Gasteiger partial charge in [-0.05, 0) is 85.9 Å². The van der Waals surface area contributed by atoms with Gasteiger partial charge in [0.25, 0.3) is 0 Å². The second-order valence-electron chi connectivity index (χ2n) is 16.5. The third-order valence-corrected chi connectivity index (χ3v) is 14.8. The molecule has 10 atom stereocenters. The number of hydrogen-bond donors (Lipinski definition) is 6. The number of aliphatic carboxylic acids is 1. The van der Waals surface area contributed by atoms with E-state index < -0.39 is 77.1 Å². The number of benzene rings is 1. The summed E-state index contributed by atoms with van der Waals surface area (Å²) in [7, 11) is 0. The van der Waals surface area contributed by atoms with E-state index >= 15 is 0 Å². The minimum Gasteiger partial charge on any atom is -0.481 e. The first-order chi connectivity index (χ1) is 27.6. The van der Waals surface area contributed by atoms with E-state index in [4.69, 9.17) is 14.6 Å². The molecule has 2 aromatic rings. The van der Waals surface area contributed by atoms with Crippen molar-refractivity contribution in [2.24, 2.45) is 28.6 Å². The van der Waals surface area contributed by atoms with Crippen molar-refractivity contribution in [2.75, 3.05) is 23.8 Å². The number of aliphatic hydroxyl groups is 2. The fourth-order valence-electron chi connectivity index (χ4n) is 10.6. The standard InChI is InChI=1S/C42H48BrN3O11S/c1-40-14-13-25(48)16-23(40)5-9-27-28-17-33-42(32(50)21-47,41(28,2)18-30(49)37(27)40)57-39(56-33)31-11-8-26(58-31)15-22-3-6-24(7-4-22)45-38(55)29(10-12-36(53)54)46-35(52)20-44-34(51)19-43/h3-4,6-8,11,13-14,16,27-30,33,37,39,47,49H,5,9-10,12,15,17-21H2,1-2H3,(H,44,51)(H,45,55)(H,46,52)(H,53,54)/t27-,28-,29+,30-,33+,37+,39+,40-,41-,42+/m0/s1. The number of nitrogens with one attached hydrogen (secondary N) is 3. The molecule has 5 aliphatic rings. The molecule has 0 radical (unpaired) electrons. The van der Waals surface area contributed by atoms with Crippen LogP contribution in [0.2, 0.25) is 0 Å². The summed E-state index contributed by atoms with van der Waals surface area (Å²) < 4.78 is 13.4. The normalized spacial score (nSPS) is 32.5. The van der Waals surface area contributed by atoms with Crippen molar-refractivity contribution < 1.29 is 53.6 Å². The van der Waals surface area contributed by atoms with Crippen LogP contribution >= 0.6 is 27.3 Å². The van der Waals surface area contributed by atoms with Gasteiger partial charge in [0, 0.05) is 40.2 Å². The van der Waals surface area contributed by atoms with Gasteiger partial charge in [0.2, 0.25) is 17.7 Å². The zero-order chi connectivity index (χ0) is 41.6. The molecule has 1 aromatic carbocycles. The van der Waals surface area contributed by atoms with Crippen molar-refractivity contribution in [3.05, 3.63) is 75.5 Å². The first-order valence-electron chi connectivity index (χ1n) is 19.5. The maximum Gasteiger partial charge on any atom is 0.303 e. The lowest BCUT2D eigenvalue weighted by Crippen LogP contribution is -2.63. The smallest absolute Gasteiger partial charge is 0.303 e. The Bertz CT molecular complexity index is 2050. The van der Waals surface area contributed by atoms with Gasteiger partial charge in [0.1, 0.15) is 12.6 Å². The van der Waals surface area contributed by atoms with E-state index in [9.17, 15) is 39.0 Å². The molecular formula is C42H48BrN3O11S. The summed E-state index contributed by atoms with van der Waals surface area (Å²) in [5.41, 5.74) is -0.293. The number of anilines is 1. The lowest BCUT2D eigenvalue weighted by molar-refractivity contribution is -0.200. The maximum absolute atomic E-state index is 13.9. The number of carboxylic acids is 1. The Morgan fingerprint density at radius 3 is 2.53 bits per heavy atom. The molecule has 310 valence electrons.